The lowest BCUT2D eigenvalue weighted by molar-refractivity contribution is 0.218. The normalized spacial score (nSPS) is 16.8. The van der Waals surface area contributed by atoms with Gasteiger partial charge >= 0.3 is 7.60 Å². The summed E-state index contributed by atoms with van der Waals surface area (Å²) in [6.07, 6.45) is 3.26. The highest BCUT2D eigenvalue weighted by atomic mass is 31.2. The van der Waals surface area contributed by atoms with Crippen molar-refractivity contribution in [2.24, 2.45) is 0 Å². The van der Waals surface area contributed by atoms with Crippen LogP contribution in [0, 0.1) is 0 Å². The standard InChI is InChI=1S/C17H24N3O5P/c1-24-15-9-13-14(10-16(15)25-2)18-11-19-17(13)12-3-5-20(6-4-12)7-8-26(21,22)23/h9-12H,3-8H2,1-2H3,(H2,21,22,23). The van der Waals surface area contributed by atoms with Gasteiger partial charge in [0.25, 0.3) is 0 Å². The van der Waals surface area contributed by atoms with Crippen LogP contribution < -0.4 is 9.47 Å². The van der Waals surface area contributed by atoms with Crippen molar-refractivity contribution in [3.8, 4) is 11.5 Å². The highest BCUT2D eigenvalue weighted by Gasteiger charge is 2.25. The van der Waals surface area contributed by atoms with Crippen molar-refractivity contribution in [2.75, 3.05) is 40.0 Å². The van der Waals surface area contributed by atoms with Crippen LogP contribution in [0.15, 0.2) is 18.5 Å². The van der Waals surface area contributed by atoms with E-state index in [9.17, 15) is 4.57 Å². The second-order valence-corrected chi connectivity index (χ2v) is 8.26. The predicted molar refractivity (Wildman–Crippen MR) is 98.0 cm³/mol. The Morgan fingerprint density at radius 3 is 2.42 bits per heavy atom. The minimum Gasteiger partial charge on any atom is -0.493 e. The van der Waals surface area contributed by atoms with E-state index in [0.29, 0.717) is 18.0 Å². The van der Waals surface area contributed by atoms with E-state index in [1.54, 1.807) is 20.5 Å². The molecular weight excluding hydrogens is 357 g/mol. The maximum absolute atomic E-state index is 11.0. The van der Waals surface area contributed by atoms with Crippen molar-refractivity contribution in [3.05, 3.63) is 24.2 Å². The number of ether oxygens (including phenoxy) is 2. The monoisotopic (exact) mass is 381 g/mol. The number of hydrogen-bond acceptors (Lipinski definition) is 6. The van der Waals surface area contributed by atoms with Gasteiger partial charge < -0.3 is 24.2 Å². The Balaban J connectivity index is 1.78. The van der Waals surface area contributed by atoms with Gasteiger partial charge in [0.2, 0.25) is 0 Å². The highest BCUT2D eigenvalue weighted by Crippen LogP contribution is 2.37. The molecule has 1 aliphatic rings. The Hall–Kier alpha value is -1.73. The molecule has 1 fully saturated rings. The lowest BCUT2D eigenvalue weighted by Crippen LogP contribution is -2.35. The molecule has 0 radical (unpaired) electrons. The third kappa shape index (κ3) is 4.32. The average molecular weight is 381 g/mol. The van der Waals surface area contributed by atoms with E-state index in [1.165, 1.54) is 0 Å². The van der Waals surface area contributed by atoms with Gasteiger partial charge in [-0.15, -0.1) is 0 Å². The van der Waals surface area contributed by atoms with E-state index < -0.39 is 7.60 Å². The topological polar surface area (TPSA) is 105 Å². The first kappa shape index (κ1) is 19.0. The molecule has 1 aromatic heterocycles. The van der Waals surface area contributed by atoms with E-state index in [2.05, 4.69) is 14.9 Å². The Morgan fingerprint density at radius 2 is 1.81 bits per heavy atom. The Labute approximate surface area is 152 Å². The summed E-state index contributed by atoms with van der Waals surface area (Å²) in [4.78, 5) is 29.0. The molecule has 3 rings (SSSR count). The van der Waals surface area contributed by atoms with Gasteiger partial charge in [-0.1, -0.05) is 0 Å². The Bertz CT molecular complexity index is 817. The van der Waals surface area contributed by atoms with Crippen LogP contribution in [0.25, 0.3) is 10.9 Å². The number of likely N-dealkylation sites (tertiary alicyclic amines) is 1. The minimum absolute atomic E-state index is 0.0922. The summed E-state index contributed by atoms with van der Waals surface area (Å²) in [5.41, 5.74) is 1.81. The van der Waals surface area contributed by atoms with Gasteiger partial charge in [0, 0.05) is 23.9 Å². The van der Waals surface area contributed by atoms with Gasteiger partial charge in [-0.05, 0) is 32.0 Å². The number of hydrogen-bond donors (Lipinski definition) is 2. The van der Waals surface area contributed by atoms with Crippen LogP contribution in [0.3, 0.4) is 0 Å². The first-order chi connectivity index (χ1) is 12.4. The molecule has 1 aromatic carbocycles. The summed E-state index contributed by atoms with van der Waals surface area (Å²) in [6.45, 7) is 2.01. The largest absolute Gasteiger partial charge is 0.493 e. The molecule has 0 unspecified atom stereocenters. The first-order valence-corrected chi connectivity index (χ1v) is 10.3. The molecule has 8 nitrogen and oxygen atoms in total. The SMILES string of the molecule is COc1cc2ncnc(C3CCN(CCP(=O)(O)O)CC3)c2cc1OC. The summed E-state index contributed by atoms with van der Waals surface area (Å²) in [7, 11) is -0.743. The van der Waals surface area contributed by atoms with Crippen LogP contribution in [-0.4, -0.2) is 64.7 Å². The average Bonchev–Trinajstić information content (AvgIpc) is 2.64. The molecule has 0 atom stereocenters. The van der Waals surface area contributed by atoms with Crippen LogP contribution in [0.1, 0.15) is 24.5 Å². The second-order valence-electron chi connectivity index (χ2n) is 6.49. The molecule has 0 aliphatic carbocycles. The fourth-order valence-electron chi connectivity index (χ4n) is 3.43. The summed E-state index contributed by atoms with van der Waals surface area (Å²) < 4.78 is 21.8. The van der Waals surface area contributed by atoms with E-state index in [-0.39, 0.29) is 12.1 Å². The Morgan fingerprint density at radius 1 is 1.15 bits per heavy atom. The maximum atomic E-state index is 11.0. The molecule has 2 aromatic rings. The molecule has 2 N–H and O–H groups in total. The molecule has 9 heteroatoms. The van der Waals surface area contributed by atoms with Crippen molar-refractivity contribution < 1.29 is 23.8 Å². The van der Waals surface area contributed by atoms with Gasteiger partial charge in [-0.2, -0.15) is 0 Å². The lowest BCUT2D eigenvalue weighted by Gasteiger charge is -2.32. The number of nitrogens with zero attached hydrogens (tertiary/aromatic N) is 3. The van der Waals surface area contributed by atoms with Crippen molar-refractivity contribution in [3.63, 3.8) is 0 Å². The molecule has 0 bridgehead atoms. The molecular formula is C17H24N3O5P. The number of methoxy groups -OCH3 is 2. The van der Waals surface area contributed by atoms with Crippen molar-refractivity contribution in [1.82, 2.24) is 14.9 Å². The van der Waals surface area contributed by atoms with E-state index in [1.807, 2.05) is 12.1 Å². The lowest BCUT2D eigenvalue weighted by atomic mass is 9.91. The number of piperidine rings is 1. The molecule has 0 saturated carbocycles. The van der Waals surface area contributed by atoms with Crippen LogP contribution in [0.4, 0.5) is 0 Å². The number of rotatable bonds is 6. The van der Waals surface area contributed by atoms with E-state index in [4.69, 9.17) is 19.3 Å². The molecule has 1 aliphatic heterocycles. The first-order valence-electron chi connectivity index (χ1n) is 8.55. The van der Waals surface area contributed by atoms with Crippen LogP contribution in [-0.2, 0) is 4.57 Å². The molecule has 2 heterocycles. The van der Waals surface area contributed by atoms with Crippen molar-refractivity contribution in [1.29, 1.82) is 0 Å². The summed E-state index contributed by atoms with van der Waals surface area (Å²) in [5, 5.41) is 0.957. The van der Waals surface area contributed by atoms with Gasteiger partial charge in [0.05, 0.1) is 31.6 Å². The van der Waals surface area contributed by atoms with Gasteiger partial charge in [-0.25, -0.2) is 9.97 Å². The minimum atomic E-state index is -3.94. The van der Waals surface area contributed by atoms with Gasteiger partial charge in [0.1, 0.15) is 6.33 Å². The fraction of sp³-hybridized carbons (Fsp3) is 0.529. The number of aromatic nitrogens is 2. The van der Waals surface area contributed by atoms with Crippen LogP contribution in [0.5, 0.6) is 11.5 Å². The fourth-order valence-corrected chi connectivity index (χ4v) is 3.97. The smallest absolute Gasteiger partial charge is 0.326 e. The zero-order chi connectivity index (χ0) is 18.7. The van der Waals surface area contributed by atoms with Crippen LogP contribution >= 0.6 is 7.60 Å². The van der Waals surface area contributed by atoms with Crippen molar-refractivity contribution >= 4 is 18.5 Å². The van der Waals surface area contributed by atoms with Gasteiger partial charge in [-0.3, -0.25) is 4.57 Å². The number of fused-ring (bicyclic) bond motifs is 1. The number of benzene rings is 1. The zero-order valence-electron chi connectivity index (χ0n) is 15.0. The predicted octanol–water partition coefficient (Wildman–Crippen LogP) is 2.00. The Kier molecular flexibility index (Phi) is 5.77. The summed E-state index contributed by atoms with van der Waals surface area (Å²) in [6, 6.07) is 3.78. The zero-order valence-corrected chi connectivity index (χ0v) is 15.9. The summed E-state index contributed by atoms with van der Waals surface area (Å²) in [5.74, 6) is 1.57. The third-order valence-electron chi connectivity index (χ3n) is 4.85. The summed E-state index contributed by atoms with van der Waals surface area (Å²) >= 11 is 0. The van der Waals surface area contributed by atoms with Gasteiger partial charge in [0.15, 0.2) is 11.5 Å². The van der Waals surface area contributed by atoms with E-state index >= 15 is 0 Å². The molecule has 26 heavy (non-hydrogen) atoms. The molecule has 0 spiro atoms. The second kappa shape index (κ2) is 7.88. The van der Waals surface area contributed by atoms with Crippen molar-refractivity contribution in [2.45, 2.75) is 18.8 Å². The maximum Gasteiger partial charge on any atom is 0.326 e. The van der Waals surface area contributed by atoms with E-state index in [0.717, 1.165) is 42.5 Å². The van der Waals surface area contributed by atoms with Crippen LogP contribution in [0.2, 0.25) is 0 Å². The molecule has 0 amide bonds. The highest BCUT2D eigenvalue weighted by molar-refractivity contribution is 7.51. The molecule has 142 valence electrons. The molecule has 1 saturated heterocycles. The third-order valence-corrected chi connectivity index (χ3v) is 5.64. The quantitative estimate of drug-likeness (QED) is 0.732.